The second-order valence-corrected chi connectivity index (χ2v) is 4.46. The Bertz CT molecular complexity index is 502. The molecule has 0 aliphatic carbocycles. The van der Waals surface area contributed by atoms with E-state index in [0.717, 1.165) is 6.42 Å². The molecule has 1 amide bonds. The van der Waals surface area contributed by atoms with E-state index in [-0.39, 0.29) is 12.5 Å². The van der Waals surface area contributed by atoms with Crippen molar-refractivity contribution in [3.05, 3.63) is 23.8 Å². The molecule has 116 valence electrons. The van der Waals surface area contributed by atoms with Crippen LogP contribution >= 0.6 is 0 Å². The van der Waals surface area contributed by atoms with E-state index in [9.17, 15) is 9.59 Å². The summed E-state index contributed by atoms with van der Waals surface area (Å²) in [4.78, 5) is 25.5. The Kier molecular flexibility index (Phi) is 6.52. The van der Waals surface area contributed by atoms with Crippen LogP contribution in [0.2, 0.25) is 0 Å². The Morgan fingerprint density at radius 3 is 2.57 bits per heavy atom. The van der Waals surface area contributed by atoms with Crippen molar-refractivity contribution in [2.24, 2.45) is 0 Å². The zero-order valence-electron chi connectivity index (χ0n) is 12.7. The van der Waals surface area contributed by atoms with Crippen molar-refractivity contribution in [2.45, 2.75) is 20.3 Å². The van der Waals surface area contributed by atoms with Crippen LogP contribution in [0.15, 0.2) is 18.2 Å². The minimum absolute atomic E-state index is 0.0937. The molecule has 0 atom stereocenters. The molecule has 0 radical (unpaired) electrons. The van der Waals surface area contributed by atoms with E-state index < -0.39 is 5.97 Å². The Hall–Kier alpha value is -2.24. The lowest BCUT2D eigenvalue weighted by molar-refractivity contribution is -0.141. The van der Waals surface area contributed by atoms with Gasteiger partial charge in [-0.2, -0.15) is 0 Å². The van der Waals surface area contributed by atoms with E-state index in [4.69, 9.17) is 10.5 Å². The Morgan fingerprint density at radius 2 is 2.00 bits per heavy atom. The number of rotatable bonds is 7. The Labute approximate surface area is 124 Å². The standard InChI is InChI=1S/C15H22N2O4/c1-4-9-17(10-13(18)20-3)15(19)11-7-6-8-12(16)14(11)21-5-2/h6-8H,4-5,9-10,16H2,1-3H3. The molecule has 0 unspecified atom stereocenters. The molecule has 2 N–H and O–H groups in total. The lowest BCUT2D eigenvalue weighted by atomic mass is 10.1. The van der Waals surface area contributed by atoms with Gasteiger partial charge in [0.25, 0.3) is 5.91 Å². The highest BCUT2D eigenvalue weighted by atomic mass is 16.5. The van der Waals surface area contributed by atoms with E-state index in [1.54, 1.807) is 18.2 Å². The SMILES string of the molecule is CCCN(CC(=O)OC)C(=O)c1cccc(N)c1OCC. The van der Waals surface area contributed by atoms with Gasteiger partial charge in [-0.15, -0.1) is 0 Å². The number of esters is 1. The van der Waals surface area contributed by atoms with Gasteiger partial charge >= 0.3 is 5.97 Å². The van der Waals surface area contributed by atoms with Crippen LogP contribution in [-0.4, -0.2) is 43.6 Å². The van der Waals surface area contributed by atoms with Gasteiger partial charge in [-0.25, -0.2) is 0 Å². The molecule has 1 rings (SSSR count). The second-order valence-electron chi connectivity index (χ2n) is 4.46. The van der Waals surface area contributed by atoms with Crippen molar-refractivity contribution in [3.63, 3.8) is 0 Å². The van der Waals surface area contributed by atoms with Crippen molar-refractivity contribution in [1.82, 2.24) is 4.90 Å². The molecule has 0 spiro atoms. The quantitative estimate of drug-likeness (QED) is 0.611. The summed E-state index contributed by atoms with van der Waals surface area (Å²) in [6.45, 7) is 4.51. The maximum absolute atomic E-state index is 12.6. The number of hydrogen-bond acceptors (Lipinski definition) is 5. The zero-order valence-corrected chi connectivity index (χ0v) is 12.7. The highest BCUT2D eigenvalue weighted by molar-refractivity contribution is 5.99. The van der Waals surface area contributed by atoms with Crippen LogP contribution in [-0.2, 0) is 9.53 Å². The first-order valence-corrected chi connectivity index (χ1v) is 6.92. The molecular weight excluding hydrogens is 272 g/mol. The topological polar surface area (TPSA) is 81.9 Å². The molecular formula is C15H22N2O4. The molecule has 0 saturated carbocycles. The van der Waals surface area contributed by atoms with Crippen molar-refractivity contribution in [2.75, 3.05) is 32.5 Å². The van der Waals surface area contributed by atoms with Gasteiger partial charge in [-0.05, 0) is 25.5 Å². The van der Waals surface area contributed by atoms with Crippen LogP contribution in [0, 0.1) is 0 Å². The molecule has 21 heavy (non-hydrogen) atoms. The van der Waals surface area contributed by atoms with E-state index in [1.165, 1.54) is 12.0 Å². The van der Waals surface area contributed by atoms with Crippen molar-refractivity contribution in [1.29, 1.82) is 0 Å². The molecule has 0 heterocycles. The highest BCUT2D eigenvalue weighted by Crippen LogP contribution is 2.27. The minimum atomic E-state index is -0.460. The summed E-state index contributed by atoms with van der Waals surface area (Å²) in [7, 11) is 1.29. The number of nitrogen functional groups attached to an aromatic ring is 1. The lowest BCUT2D eigenvalue weighted by Crippen LogP contribution is -2.37. The third-order valence-corrected chi connectivity index (χ3v) is 2.89. The van der Waals surface area contributed by atoms with Crippen molar-refractivity contribution < 1.29 is 19.1 Å². The molecule has 0 saturated heterocycles. The fourth-order valence-electron chi connectivity index (χ4n) is 1.94. The van der Waals surface area contributed by atoms with Gasteiger partial charge in [-0.3, -0.25) is 9.59 Å². The van der Waals surface area contributed by atoms with Gasteiger partial charge in [0.05, 0.1) is 25.0 Å². The van der Waals surface area contributed by atoms with Crippen LogP contribution in [0.4, 0.5) is 5.69 Å². The number of carbonyl (C=O) groups is 2. The van der Waals surface area contributed by atoms with E-state index >= 15 is 0 Å². The van der Waals surface area contributed by atoms with Crippen LogP contribution in [0.3, 0.4) is 0 Å². The zero-order chi connectivity index (χ0) is 15.8. The molecule has 0 bridgehead atoms. The molecule has 6 heteroatoms. The van der Waals surface area contributed by atoms with Gasteiger partial charge in [0, 0.05) is 6.54 Å². The van der Waals surface area contributed by atoms with Crippen LogP contribution in [0.25, 0.3) is 0 Å². The number of carbonyl (C=O) groups excluding carboxylic acids is 2. The number of anilines is 1. The average molecular weight is 294 g/mol. The predicted molar refractivity (Wildman–Crippen MR) is 80.2 cm³/mol. The first kappa shape index (κ1) is 16.8. The number of nitrogens with two attached hydrogens (primary N) is 1. The fraction of sp³-hybridized carbons (Fsp3) is 0.467. The monoisotopic (exact) mass is 294 g/mol. The number of nitrogens with zero attached hydrogens (tertiary/aromatic N) is 1. The maximum atomic E-state index is 12.6. The Balaban J connectivity index is 3.08. The molecule has 1 aromatic carbocycles. The van der Waals surface area contributed by atoms with Gasteiger partial charge in [0.2, 0.25) is 0 Å². The summed E-state index contributed by atoms with van der Waals surface area (Å²) >= 11 is 0. The maximum Gasteiger partial charge on any atom is 0.325 e. The molecule has 0 aliphatic heterocycles. The fourth-order valence-corrected chi connectivity index (χ4v) is 1.94. The lowest BCUT2D eigenvalue weighted by Gasteiger charge is -2.22. The van der Waals surface area contributed by atoms with Crippen molar-refractivity contribution >= 4 is 17.6 Å². The van der Waals surface area contributed by atoms with E-state index in [0.29, 0.717) is 30.2 Å². The third kappa shape index (κ3) is 4.37. The number of methoxy groups -OCH3 is 1. The molecule has 0 fully saturated rings. The minimum Gasteiger partial charge on any atom is -0.491 e. The number of benzene rings is 1. The second kappa shape index (κ2) is 8.14. The van der Waals surface area contributed by atoms with Gasteiger partial charge < -0.3 is 20.1 Å². The average Bonchev–Trinajstić information content (AvgIpc) is 2.48. The summed E-state index contributed by atoms with van der Waals surface area (Å²) in [5.41, 5.74) is 6.62. The first-order valence-electron chi connectivity index (χ1n) is 6.92. The summed E-state index contributed by atoms with van der Waals surface area (Å²) < 4.78 is 10.1. The highest BCUT2D eigenvalue weighted by Gasteiger charge is 2.22. The summed E-state index contributed by atoms with van der Waals surface area (Å²) in [6, 6.07) is 5.00. The Morgan fingerprint density at radius 1 is 1.29 bits per heavy atom. The number of ether oxygens (including phenoxy) is 2. The molecule has 0 aromatic heterocycles. The third-order valence-electron chi connectivity index (χ3n) is 2.89. The predicted octanol–water partition coefficient (Wildman–Crippen LogP) is 1.69. The molecule has 6 nitrogen and oxygen atoms in total. The number of amides is 1. The summed E-state index contributed by atoms with van der Waals surface area (Å²) in [5.74, 6) is -0.396. The van der Waals surface area contributed by atoms with Gasteiger partial charge in [0.1, 0.15) is 6.54 Å². The summed E-state index contributed by atoms with van der Waals surface area (Å²) in [6.07, 6.45) is 0.731. The molecule has 0 aliphatic rings. The first-order chi connectivity index (χ1) is 10.0. The molecule has 1 aromatic rings. The normalized spacial score (nSPS) is 10.0. The van der Waals surface area contributed by atoms with Gasteiger partial charge in [0.15, 0.2) is 5.75 Å². The van der Waals surface area contributed by atoms with E-state index in [1.807, 2.05) is 13.8 Å². The smallest absolute Gasteiger partial charge is 0.325 e. The van der Waals surface area contributed by atoms with Crippen LogP contribution < -0.4 is 10.5 Å². The van der Waals surface area contributed by atoms with Crippen LogP contribution in [0.1, 0.15) is 30.6 Å². The number of para-hydroxylation sites is 1. The number of hydrogen-bond donors (Lipinski definition) is 1. The van der Waals surface area contributed by atoms with Crippen molar-refractivity contribution in [3.8, 4) is 5.75 Å². The largest absolute Gasteiger partial charge is 0.491 e. The van der Waals surface area contributed by atoms with Gasteiger partial charge in [-0.1, -0.05) is 13.0 Å². The van der Waals surface area contributed by atoms with E-state index in [2.05, 4.69) is 4.74 Å². The van der Waals surface area contributed by atoms with Crippen LogP contribution in [0.5, 0.6) is 5.75 Å². The summed E-state index contributed by atoms with van der Waals surface area (Å²) in [5, 5.41) is 0.